The van der Waals surface area contributed by atoms with Gasteiger partial charge in [-0.25, -0.2) is 12.7 Å². The quantitative estimate of drug-likeness (QED) is 0.749. The molecule has 0 fully saturated rings. The van der Waals surface area contributed by atoms with Gasteiger partial charge >= 0.3 is 0 Å². The lowest BCUT2D eigenvalue weighted by molar-refractivity contribution is 0.454. The molecule has 0 aliphatic heterocycles. The molecule has 0 radical (unpaired) electrons. The second kappa shape index (κ2) is 6.72. The number of unbranched alkanes of at least 4 members (excludes halogenated alkanes) is 2. The summed E-state index contributed by atoms with van der Waals surface area (Å²) in [7, 11) is -1.69. The average molecular weight is 297 g/mol. The fourth-order valence-corrected chi connectivity index (χ4v) is 3.22. The van der Waals surface area contributed by atoms with E-state index in [1.54, 1.807) is 19.2 Å². The number of nitrogens with zero attached hydrogens (tertiary/aromatic N) is 1. The number of benzene rings is 1. The molecule has 114 valence electrons. The van der Waals surface area contributed by atoms with Crippen LogP contribution in [0.15, 0.2) is 29.2 Å². The molecule has 4 heteroatoms. The van der Waals surface area contributed by atoms with Gasteiger partial charge in [-0.3, -0.25) is 0 Å². The van der Waals surface area contributed by atoms with Gasteiger partial charge in [-0.2, -0.15) is 0 Å². The van der Waals surface area contributed by atoms with E-state index >= 15 is 0 Å². The highest BCUT2D eigenvalue weighted by molar-refractivity contribution is 7.89. The predicted molar refractivity (Wildman–Crippen MR) is 84.5 cm³/mol. The Morgan fingerprint density at radius 1 is 1.05 bits per heavy atom. The first-order chi connectivity index (χ1) is 9.19. The molecule has 0 aromatic heterocycles. The summed E-state index contributed by atoms with van der Waals surface area (Å²) in [5.41, 5.74) is 1.18. The Kier molecular flexibility index (Phi) is 5.78. The van der Waals surface area contributed by atoms with Crippen LogP contribution in [0.25, 0.3) is 0 Å². The highest BCUT2D eigenvalue weighted by atomic mass is 32.2. The zero-order valence-corrected chi connectivity index (χ0v) is 14.1. The third-order valence-electron chi connectivity index (χ3n) is 3.51. The van der Waals surface area contributed by atoms with Crippen molar-refractivity contribution in [3.8, 4) is 0 Å². The minimum Gasteiger partial charge on any atom is -0.207 e. The van der Waals surface area contributed by atoms with Crippen LogP contribution in [-0.4, -0.2) is 26.3 Å². The predicted octanol–water partition coefficient (Wildman–Crippen LogP) is 3.79. The van der Waals surface area contributed by atoms with Crippen LogP contribution < -0.4 is 0 Å². The largest absolute Gasteiger partial charge is 0.242 e. The standard InChI is InChI=1S/C16H27NO2S/c1-6-7-8-13-17(5)20(18,19)15-11-9-14(10-12-15)16(2,3)4/h9-12H,6-8,13H2,1-5H3. The second-order valence-electron chi connectivity index (χ2n) is 6.31. The highest BCUT2D eigenvalue weighted by Gasteiger charge is 2.21. The molecule has 0 unspecified atom stereocenters. The van der Waals surface area contributed by atoms with Crippen LogP contribution in [0.5, 0.6) is 0 Å². The van der Waals surface area contributed by atoms with Gasteiger partial charge in [0.25, 0.3) is 0 Å². The van der Waals surface area contributed by atoms with Gasteiger partial charge in [-0.05, 0) is 29.5 Å². The van der Waals surface area contributed by atoms with E-state index in [4.69, 9.17) is 0 Å². The van der Waals surface area contributed by atoms with Crippen molar-refractivity contribution in [2.75, 3.05) is 13.6 Å². The molecule has 1 aromatic carbocycles. The van der Waals surface area contributed by atoms with Gasteiger partial charge < -0.3 is 0 Å². The number of sulfonamides is 1. The van der Waals surface area contributed by atoms with Crippen molar-refractivity contribution in [3.63, 3.8) is 0 Å². The van der Waals surface area contributed by atoms with Crippen LogP contribution in [0.2, 0.25) is 0 Å². The van der Waals surface area contributed by atoms with Crippen LogP contribution >= 0.6 is 0 Å². The smallest absolute Gasteiger partial charge is 0.207 e. The van der Waals surface area contributed by atoms with Gasteiger partial charge in [-0.15, -0.1) is 0 Å². The molecule has 1 rings (SSSR count). The first-order valence-corrected chi connectivity index (χ1v) is 8.70. The molecule has 0 saturated carbocycles. The van der Waals surface area contributed by atoms with E-state index in [2.05, 4.69) is 27.7 Å². The topological polar surface area (TPSA) is 37.4 Å². The molecule has 0 spiro atoms. The molecular formula is C16H27NO2S. The monoisotopic (exact) mass is 297 g/mol. The van der Waals surface area contributed by atoms with Gasteiger partial charge in [-0.1, -0.05) is 52.7 Å². The van der Waals surface area contributed by atoms with E-state index in [-0.39, 0.29) is 5.41 Å². The Morgan fingerprint density at radius 3 is 2.05 bits per heavy atom. The zero-order chi connectivity index (χ0) is 15.4. The van der Waals surface area contributed by atoms with Crippen molar-refractivity contribution in [2.45, 2.75) is 57.3 Å². The fraction of sp³-hybridized carbons (Fsp3) is 0.625. The third kappa shape index (κ3) is 4.32. The molecule has 0 N–H and O–H groups in total. The Bertz CT molecular complexity index is 512. The van der Waals surface area contributed by atoms with Crippen LogP contribution in [0, 0.1) is 0 Å². The van der Waals surface area contributed by atoms with E-state index < -0.39 is 10.0 Å². The maximum Gasteiger partial charge on any atom is 0.242 e. The Labute approximate surface area is 124 Å². The van der Waals surface area contributed by atoms with Gasteiger partial charge in [0, 0.05) is 13.6 Å². The SMILES string of the molecule is CCCCCN(C)S(=O)(=O)c1ccc(C(C)(C)C)cc1. The summed E-state index contributed by atoms with van der Waals surface area (Å²) in [5, 5.41) is 0. The van der Waals surface area contributed by atoms with Crippen molar-refractivity contribution >= 4 is 10.0 Å². The summed E-state index contributed by atoms with van der Waals surface area (Å²) >= 11 is 0. The molecule has 0 atom stereocenters. The van der Waals surface area contributed by atoms with E-state index in [0.29, 0.717) is 11.4 Å². The van der Waals surface area contributed by atoms with Crippen LogP contribution in [0.1, 0.15) is 52.5 Å². The van der Waals surface area contributed by atoms with Crippen molar-refractivity contribution in [3.05, 3.63) is 29.8 Å². The minimum atomic E-state index is -3.35. The summed E-state index contributed by atoms with van der Waals surface area (Å²) in [6.07, 6.45) is 3.06. The van der Waals surface area contributed by atoms with Gasteiger partial charge in [0.15, 0.2) is 0 Å². The Morgan fingerprint density at radius 2 is 1.60 bits per heavy atom. The van der Waals surface area contributed by atoms with Crippen molar-refractivity contribution in [1.82, 2.24) is 4.31 Å². The fourth-order valence-electron chi connectivity index (χ4n) is 2.01. The number of hydrogen-bond donors (Lipinski definition) is 0. The third-order valence-corrected chi connectivity index (χ3v) is 5.38. The summed E-state index contributed by atoms with van der Waals surface area (Å²) in [4.78, 5) is 0.379. The van der Waals surface area contributed by atoms with Crippen molar-refractivity contribution in [1.29, 1.82) is 0 Å². The van der Waals surface area contributed by atoms with Crippen LogP contribution in [-0.2, 0) is 15.4 Å². The Hall–Kier alpha value is -0.870. The lowest BCUT2D eigenvalue weighted by atomic mass is 9.87. The first kappa shape index (κ1) is 17.2. The average Bonchev–Trinajstić information content (AvgIpc) is 2.38. The molecule has 0 aliphatic carbocycles. The van der Waals surface area contributed by atoms with Gasteiger partial charge in [0.1, 0.15) is 0 Å². The normalized spacial score (nSPS) is 12.9. The lowest BCUT2D eigenvalue weighted by Crippen LogP contribution is -2.28. The van der Waals surface area contributed by atoms with E-state index in [1.807, 2.05) is 12.1 Å². The van der Waals surface area contributed by atoms with Crippen LogP contribution in [0.4, 0.5) is 0 Å². The molecule has 0 saturated heterocycles. The van der Waals surface area contributed by atoms with Crippen molar-refractivity contribution in [2.24, 2.45) is 0 Å². The van der Waals surface area contributed by atoms with Crippen LogP contribution in [0.3, 0.4) is 0 Å². The maximum absolute atomic E-state index is 12.4. The zero-order valence-electron chi connectivity index (χ0n) is 13.3. The van der Waals surface area contributed by atoms with Gasteiger partial charge in [0.2, 0.25) is 10.0 Å². The number of rotatable bonds is 6. The highest BCUT2D eigenvalue weighted by Crippen LogP contribution is 2.24. The first-order valence-electron chi connectivity index (χ1n) is 7.26. The summed E-state index contributed by atoms with van der Waals surface area (Å²) < 4.78 is 26.3. The lowest BCUT2D eigenvalue weighted by Gasteiger charge is -2.21. The van der Waals surface area contributed by atoms with E-state index in [9.17, 15) is 8.42 Å². The second-order valence-corrected chi connectivity index (χ2v) is 8.35. The molecule has 3 nitrogen and oxygen atoms in total. The summed E-state index contributed by atoms with van der Waals surface area (Å²) in [6.45, 7) is 9.05. The molecule has 20 heavy (non-hydrogen) atoms. The maximum atomic E-state index is 12.4. The molecule has 0 amide bonds. The Balaban J connectivity index is 2.87. The van der Waals surface area contributed by atoms with E-state index in [0.717, 1.165) is 24.8 Å². The van der Waals surface area contributed by atoms with Gasteiger partial charge in [0.05, 0.1) is 4.90 Å². The summed E-state index contributed by atoms with van der Waals surface area (Å²) in [5.74, 6) is 0. The molecule has 0 aliphatic rings. The molecular weight excluding hydrogens is 270 g/mol. The number of hydrogen-bond acceptors (Lipinski definition) is 2. The molecule has 0 bridgehead atoms. The van der Waals surface area contributed by atoms with Crippen molar-refractivity contribution < 1.29 is 8.42 Å². The summed E-state index contributed by atoms with van der Waals surface area (Å²) in [6, 6.07) is 7.25. The molecule has 0 heterocycles. The van der Waals surface area contributed by atoms with E-state index in [1.165, 1.54) is 4.31 Å². The minimum absolute atomic E-state index is 0.0370. The molecule has 1 aromatic rings.